The SMILES string of the molecule is CCOc1ccc(S(=O)(=O)NCCC(=O)Nc2cccc(C(F)(F)F)c2)cc1. The molecule has 10 heteroatoms. The molecule has 0 aliphatic rings. The molecule has 152 valence electrons. The lowest BCUT2D eigenvalue weighted by molar-refractivity contribution is -0.137. The molecule has 2 aromatic rings. The number of halogens is 3. The quantitative estimate of drug-likeness (QED) is 0.691. The molecule has 0 fully saturated rings. The van der Waals surface area contributed by atoms with E-state index in [0.717, 1.165) is 12.1 Å². The van der Waals surface area contributed by atoms with Crippen molar-refractivity contribution in [2.24, 2.45) is 0 Å². The Morgan fingerprint density at radius 2 is 1.79 bits per heavy atom. The van der Waals surface area contributed by atoms with Crippen LogP contribution in [-0.2, 0) is 21.0 Å². The Bertz CT molecular complexity index is 913. The average Bonchev–Trinajstić information content (AvgIpc) is 2.62. The van der Waals surface area contributed by atoms with Gasteiger partial charge < -0.3 is 10.1 Å². The fourth-order valence-corrected chi connectivity index (χ4v) is 3.29. The number of benzene rings is 2. The summed E-state index contributed by atoms with van der Waals surface area (Å²) in [5.41, 5.74) is -0.907. The molecule has 1 amide bonds. The van der Waals surface area contributed by atoms with Crippen LogP contribution in [0.1, 0.15) is 18.9 Å². The second kappa shape index (κ2) is 9.07. The first kappa shape index (κ1) is 21.7. The number of sulfonamides is 1. The summed E-state index contributed by atoms with van der Waals surface area (Å²) in [5, 5.41) is 2.31. The van der Waals surface area contributed by atoms with Crippen LogP contribution >= 0.6 is 0 Å². The molecule has 0 bridgehead atoms. The van der Waals surface area contributed by atoms with Crippen LogP contribution in [0.3, 0.4) is 0 Å². The number of ether oxygens (including phenoxy) is 1. The Labute approximate surface area is 160 Å². The zero-order chi connectivity index (χ0) is 20.8. The molecule has 2 rings (SSSR count). The van der Waals surface area contributed by atoms with E-state index in [-0.39, 0.29) is 23.5 Å². The van der Waals surface area contributed by atoms with E-state index in [0.29, 0.717) is 12.4 Å². The van der Waals surface area contributed by atoms with Gasteiger partial charge >= 0.3 is 6.18 Å². The molecule has 2 aromatic carbocycles. The van der Waals surface area contributed by atoms with Crippen molar-refractivity contribution in [2.45, 2.75) is 24.4 Å². The van der Waals surface area contributed by atoms with Crippen LogP contribution in [-0.4, -0.2) is 27.5 Å². The molecule has 0 aliphatic carbocycles. The third-order valence-electron chi connectivity index (χ3n) is 3.56. The number of hydrogen-bond donors (Lipinski definition) is 2. The van der Waals surface area contributed by atoms with Gasteiger partial charge in [-0.25, -0.2) is 13.1 Å². The van der Waals surface area contributed by atoms with Gasteiger partial charge in [0.15, 0.2) is 0 Å². The first-order valence-corrected chi connectivity index (χ1v) is 9.80. The molecule has 0 saturated carbocycles. The minimum Gasteiger partial charge on any atom is -0.494 e. The average molecular weight is 416 g/mol. The molecule has 0 heterocycles. The van der Waals surface area contributed by atoms with Crippen LogP contribution in [0.4, 0.5) is 18.9 Å². The van der Waals surface area contributed by atoms with Crippen molar-refractivity contribution in [1.29, 1.82) is 0 Å². The second-order valence-electron chi connectivity index (χ2n) is 5.68. The van der Waals surface area contributed by atoms with E-state index in [1.165, 1.54) is 36.4 Å². The number of hydrogen-bond acceptors (Lipinski definition) is 4. The standard InChI is InChI=1S/C18H19F3N2O4S/c1-2-27-15-6-8-16(9-7-15)28(25,26)22-11-10-17(24)23-14-5-3-4-13(12-14)18(19,20)21/h3-9,12,22H,2,10-11H2,1H3,(H,23,24). The van der Waals surface area contributed by atoms with Crippen molar-refractivity contribution in [3.63, 3.8) is 0 Å². The van der Waals surface area contributed by atoms with E-state index >= 15 is 0 Å². The Morgan fingerprint density at radius 3 is 2.39 bits per heavy atom. The van der Waals surface area contributed by atoms with Crippen molar-refractivity contribution in [3.8, 4) is 5.75 Å². The number of alkyl halides is 3. The summed E-state index contributed by atoms with van der Waals surface area (Å²) < 4.78 is 69.9. The fraction of sp³-hybridized carbons (Fsp3) is 0.278. The first-order valence-electron chi connectivity index (χ1n) is 8.31. The summed E-state index contributed by atoms with van der Waals surface area (Å²) in [6.45, 7) is 2.04. The third-order valence-corrected chi connectivity index (χ3v) is 5.04. The van der Waals surface area contributed by atoms with Crippen LogP contribution in [0.5, 0.6) is 5.75 Å². The maximum Gasteiger partial charge on any atom is 0.416 e. The molecule has 0 radical (unpaired) electrons. The third kappa shape index (κ3) is 6.24. The summed E-state index contributed by atoms with van der Waals surface area (Å²) in [6, 6.07) is 9.95. The molecule has 0 atom stereocenters. The van der Waals surface area contributed by atoms with Gasteiger partial charge in [-0.1, -0.05) is 6.07 Å². The van der Waals surface area contributed by atoms with E-state index in [9.17, 15) is 26.4 Å². The van der Waals surface area contributed by atoms with E-state index in [1.807, 2.05) is 0 Å². The van der Waals surface area contributed by atoms with Gasteiger partial charge in [-0.05, 0) is 49.4 Å². The van der Waals surface area contributed by atoms with Crippen molar-refractivity contribution in [1.82, 2.24) is 4.72 Å². The van der Waals surface area contributed by atoms with Gasteiger partial charge in [0, 0.05) is 18.7 Å². The van der Waals surface area contributed by atoms with Gasteiger partial charge in [-0.3, -0.25) is 4.79 Å². The summed E-state index contributed by atoms with van der Waals surface area (Å²) in [7, 11) is -3.82. The van der Waals surface area contributed by atoms with Crippen molar-refractivity contribution in [2.75, 3.05) is 18.5 Å². The molecule has 2 N–H and O–H groups in total. The highest BCUT2D eigenvalue weighted by Crippen LogP contribution is 2.30. The molecule has 0 spiro atoms. The normalized spacial score (nSPS) is 11.9. The molecular weight excluding hydrogens is 397 g/mol. The summed E-state index contributed by atoms with van der Waals surface area (Å²) >= 11 is 0. The molecule has 6 nitrogen and oxygen atoms in total. The molecule has 28 heavy (non-hydrogen) atoms. The van der Waals surface area contributed by atoms with Crippen molar-refractivity contribution < 1.29 is 31.1 Å². The van der Waals surface area contributed by atoms with Gasteiger partial charge in [-0.2, -0.15) is 13.2 Å². The summed E-state index contributed by atoms with van der Waals surface area (Å²) in [5.74, 6) is -0.0874. The number of amides is 1. The maximum absolute atomic E-state index is 12.7. The number of anilines is 1. The van der Waals surface area contributed by atoms with Gasteiger partial charge in [0.2, 0.25) is 15.9 Å². The minimum atomic E-state index is -4.52. The van der Waals surface area contributed by atoms with Crippen LogP contribution < -0.4 is 14.8 Å². The van der Waals surface area contributed by atoms with Gasteiger partial charge in [0.25, 0.3) is 0 Å². The van der Waals surface area contributed by atoms with E-state index in [2.05, 4.69) is 10.0 Å². The monoisotopic (exact) mass is 416 g/mol. The highest BCUT2D eigenvalue weighted by atomic mass is 32.2. The smallest absolute Gasteiger partial charge is 0.416 e. The van der Waals surface area contributed by atoms with Crippen LogP contribution in [0.2, 0.25) is 0 Å². The number of carbonyl (C=O) groups excluding carboxylic acids is 1. The molecule has 0 unspecified atom stereocenters. The van der Waals surface area contributed by atoms with Gasteiger partial charge in [-0.15, -0.1) is 0 Å². The summed E-state index contributed by atoms with van der Waals surface area (Å²) in [4.78, 5) is 11.9. The molecule has 0 saturated heterocycles. The minimum absolute atomic E-state index is 0.00856. The first-order chi connectivity index (χ1) is 13.1. The van der Waals surface area contributed by atoms with Crippen molar-refractivity contribution in [3.05, 3.63) is 54.1 Å². The van der Waals surface area contributed by atoms with Gasteiger partial charge in [0.1, 0.15) is 5.75 Å². The van der Waals surface area contributed by atoms with Crippen LogP contribution in [0.25, 0.3) is 0 Å². The predicted octanol–water partition coefficient (Wildman–Crippen LogP) is 3.41. The lowest BCUT2D eigenvalue weighted by Gasteiger charge is -2.10. The number of rotatable bonds is 8. The predicted molar refractivity (Wildman–Crippen MR) is 97.5 cm³/mol. The Balaban J connectivity index is 1.89. The highest BCUT2D eigenvalue weighted by Gasteiger charge is 2.30. The highest BCUT2D eigenvalue weighted by molar-refractivity contribution is 7.89. The Morgan fingerprint density at radius 1 is 1.11 bits per heavy atom. The van der Waals surface area contributed by atoms with Crippen molar-refractivity contribution >= 4 is 21.6 Å². The van der Waals surface area contributed by atoms with Crippen LogP contribution in [0, 0.1) is 0 Å². The second-order valence-corrected chi connectivity index (χ2v) is 7.45. The van der Waals surface area contributed by atoms with E-state index in [4.69, 9.17) is 4.74 Å². The van der Waals surface area contributed by atoms with E-state index < -0.39 is 27.7 Å². The Kier molecular flexibility index (Phi) is 7.03. The van der Waals surface area contributed by atoms with Gasteiger partial charge in [0.05, 0.1) is 17.1 Å². The fourth-order valence-electron chi connectivity index (χ4n) is 2.26. The Hall–Kier alpha value is -2.59. The number of carbonyl (C=O) groups is 1. The molecule has 0 aliphatic heterocycles. The molecular formula is C18H19F3N2O4S. The number of nitrogens with one attached hydrogen (secondary N) is 2. The largest absolute Gasteiger partial charge is 0.494 e. The zero-order valence-electron chi connectivity index (χ0n) is 14.9. The molecule has 0 aromatic heterocycles. The topological polar surface area (TPSA) is 84.5 Å². The van der Waals surface area contributed by atoms with Crippen LogP contribution in [0.15, 0.2) is 53.4 Å². The summed E-state index contributed by atoms with van der Waals surface area (Å²) in [6.07, 6.45) is -4.76. The van der Waals surface area contributed by atoms with E-state index in [1.54, 1.807) is 6.92 Å². The lowest BCUT2D eigenvalue weighted by Crippen LogP contribution is -2.27. The lowest BCUT2D eigenvalue weighted by atomic mass is 10.2. The zero-order valence-corrected chi connectivity index (χ0v) is 15.7. The maximum atomic E-state index is 12.7.